The van der Waals surface area contributed by atoms with Gasteiger partial charge in [-0.25, -0.2) is 0 Å². The Balaban J connectivity index is 1.67. The minimum atomic E-state index is -0.413. The van der Waals surface area contributed by atoms with Gasteiger partial charge in [0, 0.05) is 25.2 Å². The van der Waals surface area contributed by atoms with Gasteiger partial charge in [0.15, 0.2) is 11.5 Å². The summed E-state index contributed by atoms with van der Waals surface area (Å²) in [5.74, 6) is 1.01. The molecule has 6 heteroatoms. The molecule has 3 aliphatic heterocycles. The topological polar surface area (TPSA) is 59.1 Å². The zero-order chi connectivity index (χ0) is 21.5. The normalized spacial score (nSPS) is 22.3. The summed E-state index contributed by atoms with van der Waals surface area (Å²) in [4.78, 5) is 31.2. The fourth-order valence-corrected chi connectivity index (χ4v) is 5.43. The molecule has 2 amide bonds. The van der Waals surface area contributed by atoms with Gasteiger partial charge in [-0.15, -0.1) is 0 Å². The highest BCUT2D eigenvalue weighted by atomic mass is 16.5. The molecular formula is C25H28N2O4. The number of ether oxygens (including phenoxy) is 2. The summed E-state index contributed by atoms with van der Waals surface area (Å²) in [5.41, 5.74) is 3.59. The molecule has 0 unspecified atom stereocenters. The summed E-state index contributed by atoms with van der Waals surface area (Å²) in [6, 6.07) is 11.2. The Morgan fingerprint density at radius 2 is 1.65 bits per heavy atom. The van der Waals surface area contributed by atoms with Crippen LogP contribution in [0, 0.1) is 0 Å². The summed E-state index contributed by atoms with van der Waals surface area (Å²) in [7, 11) is 3.24. The van der Waals surface area contributed by atoms with Crippen LogP contribution in [0.15, 0.2) is 36.4 Å². The maximum atomic E-state index is 13.9. The SMILES string of the molecule is COc1cc2c(cc1OC)[C@@H]1[C@@H](C(=O)N3CCCCC3)c3ccccc3C(=O)N1CC2. The van der Waals surface area contributed by atoms with Crippen LogP contribution in [-0.2, 0) is 11.2 Å². The van der Waals surface area contributed by atoms with Crippen molar-refractivity contribution < 1.29 is 19.1 Å². The Kier molecular flexibility index (Phi) is 5.08. The first-order valence-corrected chi connectivity index (χ1v) is 11.1. The van der Waals surface area contributed by atoms with Crippen molar-refractivity contribution in [2.75, 3.05) is 33.9 Å². The number of benzene rings is 2. The molecule has 0 N–H and O–H groups in total. The van der Waals surface area contributed by atoms with Gasteiger partial charge in [0.1, 0.15) is 0 Å². The molecule has 162 valence electrons. The van der Waals surface area contributed by atoms with E-state index in [4.69, 9.17) is 9.47 Å². The number of nitrogens with zero attached hydrogens (tertiary/aromatic N) is 2. The van der Waals surface area contributed by atoms with Gasteiger partial charge in [0.25, 0.3) is 5.91 Å². The first-order chi connectivity index (χ1) is 15.1. The van der Waals surface area contributed by atoms with E-state index in [-0.39, 0.29) is 17.9 Å². The predicted molar refractivity (Wildman–Crippen MR) is 117 cm³/mol. The monoisotopic (exact) mass is 420 g/mol. The number of rotatable bonds is 3. The fourth-order valence-electron chi connectivity index (χ4n) is 5.43. The summed E-state index contributed by atoms with van der Waals surface area (Å²) >= 11 is 0. The van der Waals surface area contributed by atoms with Crippen LogP contribution >= 0.6 is 0 Å². The first kappa shape index (κ1) is 19.9. The third-order valence-electron chi connectivity index (χ3n) is 6.96. The lowest BCUT2D eigenvalue weighted by molar-refractivity contribution is -0.135. The summed E-state index contributed by atoms with van der Waals surface area (Å²) in [6.07, 6.45) is 3.97. The second-order valence-corrected chi connectivity index (χ2v) is 8.55. The van der Waals surface area contributed by atoms with Crippen molar-refractivity contribution in [3.8, 4) is 11.5 Å². The molecule has 3 aliphatic rings. The number of methoxy groups -OCH3 is 2. The summed E-state index contributed by atoms with van der Waals surface area (Å²) < 4.78 is 11.1. The van der Waals surface area contributed by atoms with Crippen molar-refractivity contribution in [2.45, 2.75) is 37.6 Å². The van der Waals surface area contributed by atoms with Crippen LogP contribution in [0.2, 0.25) is 0 Å². The quantitative estimate of drug-likeness (QED) is 0.762. The Labute approximate surface area is 182 Å². The molecule has 31 heavy (non-hydrogen) atoms. The minimum absolute atomic E-state index is 0.00345. The van der Waals surface area contributed by atoms with Crippen LogP contribution in [0.25, 0.3) is 0 Å². The first-order valence-electron chi connectivity index (χ1n) is 11.1. The summed E-state index contributed by atoms with van der Waals surface area (Å²) in [5, 5.41) is 0. The maximum Gasteiger partial charge on any atom is 0.254 e. The van der Waals surface area contributed by atoms with Gasteiger partial charge in [0.05, 0.1) is 26.2 Å². The average Bonchev–Trinajstić information content (AvgIpc) is 2.83. The molecule has 3 heterocycles. The third kappa shape index (κ3) is 3.16. The molecule has 0 bridgehead atoms. The Morgan fingerprint density at radius 1 is 0.935 bits per heavy atom. The van der Waals surface area contributed by atoms with Crippen molar-refractivity contribution in [3.63, 3.8) is 0 Å². The van der Waals surface area contributed by atoms with E-state index in [2.05, 4.69) is 0 Å². The van der Waals surface area contributed by atoms with Crippen molar-refractivity contribution in [1.82, 2.24) is 9.80 Å². The van der Waals surface area contributed by atoms with E-state index in [1.807, 2.05) is 46.2 Å². The zero-order valence-corrected chi connectivity index (χ0v) is 18.1. The highest BCUT2D eigenvalue weighted by Crippen LogP contribution is 2.49. The van der Waals surface area contributed by atoms with Gasteiger partial charge in [-0.3, -0.25) is 9.59 Å². The fraction of sp³-hybridized carbons (Fsp3) is 0.440. The van der Waals surface area contributed by atoms with E-state index in [9.17, 15) is 9.59 Å². The van der Waals surface area contributed by atoms with Gasteiger partial charge in [-0.05, 0) is 60.6 Å². The zero-order valence-electron chi connectivity index (χ0n) is 18.1. The van der Waals surface area contributed by atoms with Crippen molar-refractivity contribution in [1.29, 1.82) is 0 Å². The van der Waals surface area contributed by atoms with Gasteiger partial charge in [-0.1, -0.05) is 18.2 Å². The van der Waals surface area contributed by atoms with Crippen LogP contribution < -0.4 is 9.47 Å². The van der Waals surface area contributed by atoms with E-state index >= 15 is 0 Å². The number of hydrogen-bond acceptors (Lipinski definition) is 4. The second kappa shape index (κ2) is 7.91. The van der Waals surface area contributed by atoms with E-state index in [1.54, 1.807) is 14.2 Å². The molecule has 6 nitrogen and oxygen atoms in total. The summed E-state index contributed by atoms with van der Waals surface area (Å²) in [6.45, 7) is 2.16. The van der Waals surface area contributed by atoms with Crippen molar-refractivity contribution in [2.24, 2.45) is 0 Å². The Bertz CT molecular complexity index is 1030. The number of carbonyl (C=O) groups is 2. The third-order valence-corrected chi connectivity index (χ3v) is 6.96. The number of piperidine rings is 1. The molecule has 1 saturated heterocycles. The number of amides is 2. The molecule has 0 spiro atoms. The van der Waals surface area contributed by atoms with E-state index in [0.717, 1.165) is 49.0 Å². The lowest BCUT2D eigenvalue weighted by atomic mass is 9.75. The average molecular weight is 421 g/mol. The van der Waals surface area contributed by atoms with E-state index < -0.39 is 5.92 Å². The highest BCUT2D eigenvalue weighted by Gasteiger charge is 2.47. The number of likely N-dealkylation sites (tertiary alicyclic amines) is 1. The molecule has 2 aromatic rings. The Hall–Kier alpha value is -3.02. The number of fused-ring (bicyclic) bond motifs is 4. The lowest BCUT2D eigenvalue weighted by Crippen LogP contribution is -2.51. The van der Waals surface area contributed by atoms with Gasteiger partial charge >= 0.3 is 0 Å². The molecule has 1 fully saturated rings. The van der Waals surface area contributed by atoms with Gasteiger partial charge in [-0.2, -0.15) is 0 Å². The van der Waals surface area contributed by atoms with Crippen LogP contribution in [0.1, 0.15) is 58.3 Å². The van der Waals surface area contributed by atoms with Crippen LogP contribution in [0.3, 0.4) is 0 Å². The maximum absolute atomic E-state index is 13.9. The standard InChI is InChI=1S/C25H28N2O4/c1-30-20-14-16-10-13-27-23(19(16)15-21(20)31-2)22(25(29)26-11-6-3-7-12-26)17-8-4-5-9-18(17)24(27)28/h4-5,8-9,14-15,22-23H,3,6-7,10-13H2,1-2H3/t22-,23+/m0/s1. The van der Waals surface area contributed by atoms with Crippen molar-refractivity contribution in [3.05, 3.63) is 58.7 Å². The molecule has 0 aliphatic carbocycles. The predicted octanol–water partition coefficient (Wildman–Crippen LogP) is 3.55. The molecule has 5 rings (SSSR count). The van der Waals surface area contributed by atoms with Crippen LogP contribution in [0.5, 0.6) is 11.5 Å². The van der Waals surface area contributed by atoms with Crippen molar-refractivity contribution >= 4 is 11.8 Å². The van der Waals surface area contributed by atoms with Gasteiger partial charge < -0.3 is 19.3 Å². The molecule has 0 radical (unpaired) electrons. The molecule has 0 saturated carbocycles. The second-order valence-electron chi connectivity index (χ2n) is 8.55. The van der Waals surface area contributed by atoms with E-state index in [1.165, 1.54) is 6.42 Å². The number of hydrogen-bond donors (Lipinski definition) is 0. The van der Waals surface area contributed by atoms with Crippen LogP contribution in [-0.4, -0.2) is 55.5 Å². The molecule has 2 atom stereocenters. The smallest absolute Gasteiger partial charge is 0.254 e. The molecule has 0 aromatic heterocycles. The molecular weight excluding hydrogens is 392 g/mol. The highest BCUT2D eigenvalue weighted by molar-refractivity contribution is 6.01. The Morgan fingerprint density at radius 3 is 2.39 bits per heavy atom. The minimum Gasteiger partial charge on any atom is -0.493 e. The van der Waals surface area contributed by atoms with Crippen LogP contribution in [0.4, 0.5) is 0 Å². The van der Waals surface area contributed by atoms with E-state index in [0.29, 0.717) is 23.6 Å². The lowest BCUT2D eigenvalue weighted by Gasteiger charge is -2.46. The number of carbonyl (C=O) groups excluding carboxylic acids is 2. The largest absolute Gasteiger partial charge is 0.493 e. The molecule has 2 aromatic carbocycles. The van der Waals surface area contributed by atoms with Gasteiger partial charge in [0.2, 0.25) is 5.91 Å².